The van der Waals surface area contributed by atoms with Crippen LogP contribution >= 0.6 is 0 Å². The lowest BCUT2D eigenvalue weighted by atomic mass is 10.1. The molecule has 1 aliphatic rings. The highest BCUT2D eigenvalue weighted by Crippen LogP contribution is 2.24. The van der Waals surface area contributed by atoms with Gasteiger partial charge in [0.1, 0.15) is 5.69 Å². The van der Waals surface area contributed by atoms with Crippen LogP contribution in [0.3, 0.4) is 0 Å². The first kappa shape index (κ1) is 18.4. The number of aromatic nitrogens is 2. The molecule has 0 saturated carbocycles. The summed E-state index contributed by atoms with van der Waals surface area (Å²) in [7, 11) is 0. The van der Waals surface area contributed by atoms with Gasteiger partial charge in [-0.2, -0.15) is 5.10 Å². The normalized spacial score (nSPS) is 15.6. The minimum absolute atomic E-state index is 0.0906. The first-order chi connectivity index (χ1) is 12.5. The first-order valence-corrected chi connectivity index (χ1v) is 9.11. The van der Waals surface area contributed by atoms with Crippen molar-refractivity contribution in [2.75, 3.05) is 26.2 Å². The minimum atomic E-state index is -0.712. The number of hydrogen-bond acceptors (Lipinski definition) is 4. The molecule has 7 heteroatoms. The number of carbonyl (C=O) groups excluding carboxylic acids is 1. The van der Waals surface area contributed by atoms with Crippen LogP contribution < -0.4 is 0 Å². The fourth-order valence-corrected chi connectivity index (χ4v) is 3.51. The maximum atomic E-state index is 13.5. The van der Waals surface area contributed by atoms with Gasteiger partial charge in [0.2, 0.25) is 0 Å². The summed E-state index contributed by atoms with van der Waals surface area (Å²) in [6.07, 6.45) is 2.25. The molecule has 2 aromatic rings. The maximum absolute atomic E-state index is 13.5. The molecule has 0 unspecified atom stereocenters. The van der Waals surface area contributed by atoms with Crippen molar-refractivity contribution < 1.29 is 14.3 Å². The lowest BCUT2D eigenvalue weighted by Crippen LogP contribution is -2.51. The third-order valence-corrected chi connectivity index (χ3v) is 5.11. The highest BCUT2D eigenvalue weighted by atomic mass is 19.1. The topological polar surface area (TPSA) is 72.5 Å². The fraction of sp³-hybridized carbons (Fsp3) is 0.474. The Hall–Kier alpha value is -2.41. The van der Waals surface area contributed by atoms with Gasteiger partial charge in [-0.25, -0.2) is 4.39 Å². The summed E-state index contributed by atoms with van der Waals surface area (Å²) in [4.78, 5) is 17.0. The average Bonchev–Trinajstić information content (AvgIpc) is 3.15. The highest BCUT2D eigenvalue weighted by molar-refractivity contribution is 5.93. The average molecular weight is 360 g/mol. The Kier molecular flexibility index (Phi) is 5.56. The number of phenolic OH excluding ortho intramolecular Hbond substituents is 1. The molecule has 0 bridgehead atoms. The molecule has 1 aromatic carbocycles. The molecule has 3 rings (SSSR count). The van der Waals surface area contributed by atoms with Crippen LogP contribution in [0, 0.1) is 5.82 Å². The molecule has 1 aromatic heterocycles. The summed E-state index contributed by atoms with van der Waals surface area (Å²) < 4.78 is 13.5. The van der Waals surface area contributed by atoms with Crippen LogP contribution in [0.2, 0.25) is 0 Å². The Morgan fingerprint density at radius 1 is 1.23 bits per heavy atom. The molecule has 0 radical (unpaired) electrons. The number of rotatable bonds is 5. The summed E-state index contributed by atoms with van der Waals surface area (Å²) in [5.41, 5.74) is 1.38. The molecule has 26 heavy (non-hydrogen) atoms. The number of phenols is 1. The van der Waals surface area contributed by atoms with E-state index in [0.717, 1.165) is 25.9 Å². The lowest BCUT2D eigenvalue weighted by Gasteiger charge is -2.38. The second kappa shape index (κ2) is 7.86. The third kappa shape index (κ3) is 3.72. The molecule has 1 fully saturated rings. The van der Waals surface area contributed by atoms with Crippen LogP contribution in [0.4, 0.5) is 4.39 Å². The quantitative estimate of drug-likeness (QED) is 0.860. The monoisotopic (exact) mass is 360 g/mol. The van der Waals surface area contributed by atoms with Gasteiger partial charge in [-0.05, 0) is 37.1 Å². The molecule has 1 aliphatic heterocycles. The summed E-state index contributed by atoms with van der Waals surface area (Å²) in [5, 5.41) is 16.1. The molecule has 140 valence electrons. The van der Waals surface area contributed by atoms with Gasteiger partial charge in [-0.1, -0.05) is 13.8 Å². The van der Waals surface area contributed by atoms with Crippen LogP contribution in [0.25, 0.3) is 11.3 Å². The Labute approximate surface area is 152 Å². The van der Waals surface area contributed by atoms with Crippen LogP contribution in [0.1, 0.15) is 37.2 Å². The molecule has 6 nitrogen and oxygen atoms in total. The van der Waals surface area contributed by atoms with E-state index in [1.807, 2.05) is 4.90 Å². The molecule has 0 aliphatic carbocycles. The number of benzene rings is 1. The molecule has 2 N–H and O–H groups in total. The highest BCUT2D eigenvalue weighted by Gasteiger charge is 2.26. The second-order valence-electron chi connectivity index (χ2n) is 6.63. The van der Waals surface area contributed by atoms with Crippen LogP contribution in [-0.2, 0) is 0 Å². The van der Waals surface area contributed by atoms with Gasteiger partial charge < -0.3 is 10.0 Å². The van der Waals surface area contributed by atoms with Gasteiger partial charge in [-0.15, -0.1) is 0 Å². The molecule has 0 spiro atoms. The zero-order chi connectivity index (χ0) is 18.7. The van der Waals surface area contributed by atoms with Gasteiger partial charge in [0, 0.05) is 37.8 Å². The van der Waals surface area contributed by atoms with Crippen LogP contribution in [-0.4, -0.2) is 63.2 Å². The van der Waals surface area contributed by atoms with Crippen molar-refractivity contribution >= 4 is 5.91 Å². The summed E-state index contributed by atoms with van der Waals surface area (Å²) in [6.45, 7) is 7.54. The molecule has 2 heterocycles. The van der Waals surface area contributed by atoms with E-state index in [2.05, 4.69) is 28.9 Å². The summed E-state index contributed by atoms with van der Waals surface area (Å²) in [6, 6.07) is 6.25. The third-order valence-electron chi connectivity index (χ3n) is 5.11. The predicted molar refractivity (Wildman–Crippen MR) is 97.5 cm³/mol. The number of nitrogens with one attached hydrogen (secondary N) is 1. The minimum Gasteiger partial charge on any atom is -0.505 e. The number of aromatic amines is 1. The number of piperazine rings is 1. The van der Waals surface area contributed by atoms with Crippen molar-refractivity contribution in [1.82, 2.24) is 20.0 Å². The number of H-pyrrole nitrogens is 1. The van der Waals surface area contributed by atoms with Crippen molar-refractivity contribution in [2.24, 2.45) is 0 Å². The van der Waals surface area contributed by atoms with E-state index in [4.69, 9.17) is 0 Å². The van der Waals surface area contributed by atoms with E-state index in [9.17, 15) is 14.3 Å². The van der Waals surface area contributed by atoms with E-state index in [1.54, 1.807) is 12.1 Å². The van der Waals surface area contributed by atoms with E-state index in [0.29, 0.717) is 36.1 Å². The molecule has 1 saturated heterocycles. The number of halogens is 1. The molecular formula is C19H25FN4O2. The van der Waals surface area contributed by atoms with E-state index >= 15 is 0 Å². The van der Waals surface area contributed by atoms with E-state index < -0.39 is 11.6 Å². The Morgan fingerprint density at radius 2 is 1.92 bits per heavy atom. The van der Waals surface area contributed by atoms with Gasteiger partial charge >= 0.3 is 0 Å². The fourth-order valence-electron chi connectivity index (χ4n) is 3.51. The number of nitrogens with zero attached hydrogens (tertiary/aromatic N) is 3. The van der Waals surface area contributed by atoms with E-state index in [1.165, 1.54) is 12.1 Å². The van der Waals surface area contributed by atoms with Crippen molar-refractivity contribution in [3.05, 3.63) is 35.8 Å². The van der Waals surface area contributed by atoms with Crippen molar-refractivity contribution in [1.29, 1.82) is 0 Å². The first-order valence-electron chi connectivity index (χ1n) is 9.11. The maximum Gasteiger partial charge on any atom is 0.271 e. The molecule has 0 atom stereocenters. The van der Waals surface area contributed by atoms with E-state index in [-0.39, 0.29) is 5.91 Å². The summed E-state index contributed by atoms with van der Waals surface area (Å²) in [5.74, 6) is -1.21. The SMILES string of the molecule is CCC(CC)N1CCN(C(=O)c2cc(-c3ccc(O)c(F)c3)n[nH]2)CC1. The summed E-state index contributed by atoms with van der Waals surface area (Å²) >= 11 is 0. The van der Waals surface area contributed by atoms with Crippen LogP contribution in [0.15, 0.2) is 24.3 Å². The Morgan fingerprint density at radius 3 is 2.54 bits per heavy atom. The predicted octanol–water partition coefficient (Wildman–Crippen LogP) is 2.87. The van der Waals surface area contributed by atoms with Gasteiger partial charge in [0.15, 0.2) is 11.6 Å². The van der Waals surface area contributed by atoms with Gasteiger partial charge in [0.25, 0.3) is 5.91 Å². The van der Waals surface area contributed by atoms with Gasteiger partial charge in [-0.3, -0.25) is 14.8 Å². The van der Waals surface area contributed by atoms with Crippen molar-refractivity contribution in [2.45, 2.75) is 32.7 Å². The standard InChI is InChI=1S/C19H25FN4O2/c1-3-14(4-2)23-7-9-24(10-8-23)19(26)17-12-16(21-22-17)13-5-6-18(25)15(20)11-13/h5-6,11-12,14,25H,3-4,7-10H2,1-2H3,(H,21,22). The lowest BCUT2D eigenvalue weighted by molar-refractivity contribution is 0.0554. The number of aromatic hydroxyl groups is 1. The van der Waals surface area contributed by atoms with Crippen molar-refractivity contribution in [3.8, 4) is 17.0 Å². The largest absolute Gasteiger partial charge is 0.505 e. The Balaban J connectivity index is 1.66. The smallest absolute Gasteiger partial charge is 0.271 e. The zero-order valence-corrected chi connectivity index (χ0v) is 15.2. The number of hydrogen-bond donors (Lipinski definition) is 2. The van der Waals surface area contributed by atoms with Crippen LogP contribution in [0.5, 0.6) is 5.75 Å². The van der Waals surface area contributed by atoms with Crippen molar-refractivity contribution in [3.63, 3.8) is 0 Å². The molecular weight excluding hydrogens is 335 g/mol. The number of amides is 1. The Bertz CT molecular complexity index is 765. The van der Waals surface area contributed by atoms with Gasteiger partial charge in [0.05, 0.1) is 5.69 Å². The molecule has 1 amide bonds. The zero-order valence-electron chi connectivity index (χ0n) is 15.2. The second-order valence-corrected chi connectivity index (χ2v) is 6.63. The number of carbonyl (C=O) groups is 1.